The first-order chi connectivity index (χ1) is 25.3. The first-order valence-corrected chi connectivity index (χ1v) is 18.0. The van der Waals surface area contributed by atoms with Gasteiger partial charge in [0.15, 0.2) is 5.96 Å². The molecule has 2 aromatic carbocycles. The Kier molecular flexibility index (Phi) is 14.7. The van der Waals surface area contributed by atoms with Gasteiger partial charge in [0.05, 0.1) is 24.0 Å². The van der Waals surface area contributed by atoms with Crippen LogP contribution in [0.5, 0.6) is 0 Å². The third-order valence-electron chi connectivity index (χ3n) is 8.83. The molecule has 0 fully saturated rings. The average Bonchev–Trinajstić information content (AvgIpc) is 3.51. The van der Waals surface area contributed by atoms with Crippen LogP contribution in [0.3, 0.4) is 0 Å². The van der Waals surface area contributed by atoms with Gasteiger partial charge in [0, 0.05) is 35.3 Å². The number of aliphatic imine (C=N–C) groups is 1. The Morgan fingerprint density at radius 3 is 2.07 bits per heavy atom. The van der Waals surface area contributed by atoms with E-state index in [1.807, 2.05) is 54.5 Å². The summed E-state index contributed by atoms with van der Waals surface area (Å²) in [5, 5.41) is 3.24. The van der Waals surface area contributed by atoms with Gasteiger partial charge >= 0.3 is 18.0 Å². The van der Waals surface area contributed by atoms with Gasteiger partial charge in [-0.05, 0) is 78.7 Å². The van der Waals surface area contributed by atoms with E-state index in [2.05, 4.69) is 20.3 Å². The Morgan fingerprint density at radius 1 is 0.927 bits per heavy atom. The van der Waals surface area contributed by atoms with Crippen molar-refractivity contribution in [3.05, 3.63) is 93.2 Å². The largest absolute Gasteiger partial charge is 0.416 e. The van der Waals surface area contributed by atoms with Crippen molar-refractivity contribution in [1.82, 2.24) is 19.9 Å². The summed E-state index contributed by atoms with van der Waals surface area (Å²) in [7, 11) is 0. The van der Waals surface area contributed by atoms with Crippen LogP contribution in [0.2, 0.25) is 0 Å². The monoisotopic (exact) mass is 780 g/mol. The molecular weight excluding hydrogens is 726 g/mol. The van der Waals surface area contributed by atoms with Gasteiger partial charge in [-0.15, -0.1) is 0 Å². The lowest BCUT2D eigenvalue weighted by atomic mass is 9.84. The fourth-order valence-corrected chi connectivity index (χ4v) is 5.33. The van der Waals surface area contributed by atoms with Crippen molar-refractivity contribution in [2.45, 2.75) is 110 Å². The lowest BCUT2D eigenvalue weighted by Gasteiger charge is -2.24. The molecule has 2 heterocycles. The zero-order chi connectivity index (χ0) is 41.5. The number of nitrogens with zero attached hydrogens (tertiary/aromatic N) is 3. The van der Waals surface area contributed by atoms with Crippen LogP contribution in [0.4, 0.5) is 26.3 Å². The Bertz CT molecular complexity index is 1900. The van der Waals surface area contributed by atoms with Crippen molar-refractivity contribution in [2.24, 2.45) is 22.2 Å². The average molecular weight is 781 g/mol. The second-order valence-corrected chi connectivity index (χ2v) is 15.5. The van der Waals surface area contributed by atoms with Gasteiger partial charge in [0.2, 0.25) is 0 Å². The highest BCUT2D eigenvalue weighted by atomic mass is 19.4. The number of aromatic nitrogens is 3. The molecule has 0 spiro atoms. The molecule has 304 valence electrons. The van der Waals surface area contributed by atoms with Crippen LogP contribution >= 0.6 is 0 Å². The molecule has 0 aliphatic heterocycles. The standard InChI is InChI=1S/C22H28F3N7O.C17H26F3NO/c1-21(2,3)16-11-14-12-32(20(33)31-18(14)30-16)15-7-5-13(6-8-15)17(22(23,24)25)28-9-4-10-29-19(26)27;1-6-15(21)10-22-11(2)12-7-13(16(3,4)5)9-14(8-12)17(18,19)20/h5-8,11-12,17,28H,4,9-10H2,1-3H3,(H4,26,27,29)(H,30,31,33);7-9,11,15H,6,10,21H2,1-5H3/t17-;/m1./s1. The van der Waals surface area contributed by atoms with Gasteiger partial charge in [0.1, 0.15) is 11.7 Å². The Balaban J connectivity index is 0.000000322. The smallest absolute Gasteiger partial charge is 0.372 e. The number of nitrogens with two attached hydrogens (primary N) is 3. The molecule has 4 rings (SSSR count). The van der Waals surface area contributed by atoms with Crippen LogP contribution in [0.15, 0.2) is 64.5 Å². The molecule has 0 amide bonds. The van der Waals surface area contributed by atoms with E-state index in [1.165, 1.54) is 34.9 Å². The molecule has 8 N–H and O–H groups in total. The van der Waals surface area contributed by atoms with Crippen LogP contribution in [0, 0.1) is 0 Å². The summed E-state index contributed by atoms with van der Waals surface area (Å²) in [6.45, 7) is 16.1. The molecule has 0 radical (unpaired) electrons. The summed E-state index contributed by atoms with van der Waals surface area (Å²) in [5.41, 5.74) is 17.6. The van der Waals surface area contributed by atoms with Crippen molar-refractivity contribution >= 4 is 17.0 Å². The van der Waals surface area contributed by atoms with Crippen molar-refractivity contribution < 1.29 is 31.1 Å². The minimum Gasteiger partial charge on any atom is -0.372 e. The number of fused-ring (bicyclic) bond motifs is 1. The fourth-order valence-electron chi connectivity index (χ4n) is 5.33. The highest BCUT2D eigenvalue weighted by molar-refractivity contribution is 5.76. The zero-order valence-corrected chi connectivity index (χ0v) is 32.6. The molecule has 16 heteroatoms. The van der Waals surface area contributed by atoms with E-state index >= 15 is 0 Å². The van der Waals surface area contributed by atoms with Gasteiger partial charge < -0.3 is 32.2 Å². The summed E-state index contributed by atoms with van der Waals surface area (Å²) >= 11 is 0. The molecule has 2 aromatic heterocycles. The summed E-state index contributed by atoms with van der Waals surface area (Å²) in [4.78, 5) is 23.5. The first-order valence-electron chi connectivity index (χ1n) is 18.0. The van der Waals surface area contributed by atoms with Gasteiger partial charge in [-0.25, -0.2) is 4.79 Å². The SMILES string of the molecule is CC(C)(C)c1cc2cn(-c3ccc([C@@H](NCCCN=C(N)N)C(F)(F)F)cc3)c(=O)nc2[nH]1.CCC(N)COC(C)c1cc(C(C)(C)C)cc(C(F)(F)F)c1. The van der Waals surface area contributed by atoms with Crippen LogP contribution in [0.25, 0.3) is 16.7 Å². The maximum Gasteiger partial charge on any atom is 0.416 e. The lowest BCUT2D eigenvalue weighted by molar-refractivity contribution is -0.157. The van der Waals surface area contributed by atoms with Crippen molar-refractivity contribution in [3.63, 3.8) is 0 Å². The van der Waals surface area contributed by atoms with Gasteiger partial charge in [-0.2, -0.15) is 31.3 Å². The Morgan fingerprint density at radius 2 is 1.55 bits per heavy atom. The minimum atomic E-state index is -4.50. The van der Waals surface area contributed by atoms with Crippen LogP contribution in [-0.2, 0) is 21.7 Å². The normalized spacial score (nSPS) is 14.2. The van der Waals surface area contributed by atoms with E-state index in [-0.39, 0.29) is 41.5 Å². The van der Waals surface area contributed by atoms with E-state index in [0.29, 0.717) is 35.5 Å². The summed E-state index contributed by atoms with van der Waals surface area (Å²) < 4.78 is 87.1. The van der Waals surface area contributed by atoms with E-state index in [9.17, 15) is 31.1 Å². The molecule has 0 bridgehead atoms. The predicted molar refractivity (Wildman–Crippen MR) is 205 cm³/mol. The number of guanidine groups is 1. The lowest BCUT2D eigenvalue weighted by Crippen LogP contribution is -2.35. The van der Waals surface area contributed by atoms with E-state index in [4.69, 9.17) is 21.9 Å². The van der Waals surface area contributed by atoms with Gasteiger partial charge in [-0.3, -0.25) is 9.56 Å². The van der Waals surface area contributed by atoms with Crippen molar-refractivity contribution in [2.75, 3.05) is 19.7 Å². The highest BCUT2D eigenvalue weighted by Gasteiger charge is 2.40. The zero-order valence-electron chi connectivity index (χ0n) is 32.6. The first kappa shape index (κ1) is 45.0. The van der Waals surface area contributed by atoms with Crippen LogP contribution in [0.1, 0.15) is 108 Å². The molecular formula is C39H54F6N8O2. The third-order valence-corrected chi connectivity index (χ3v) is 8.83. The van der Waals surface area contributed by atoms with E-state index in [1.54, 1.807) is 19.2 Å². The molecule has 0 aliphatic carbocycles. The number of benzene rings is 2. The number of hydrogen-bond donors (Lipinski definition) is 5. The maximum absolute atomic E-state index is 13.6. The molecule has 4 aromatic rings. The van der Waals surface area contributed by atoms with Gasteiger partial charge in [-0.1, -0.05) is 66.7 Å². The van der Waals surface area contributed by atoms with Crippen molar-refractivity contribution in [1.29, 1.82) is 0 Å². The molecule has 55 heavy (non-hydrogen) atoms. The number of halogens is 6. The number of H-pyrrole nitrogens is 1. The molecule has 0 saturated heterocycles. The topological polar surface area (TPSA) is 162 Å². The highest BCUT2D eigenvalue weighted by Crippen LogP contribution is 2.36. The number of nitrogens with one attached hydrogen (secondary N) is 2. The van der Waals surface area contributed by atoms with Crippen molar-refractivity contribution in [3.8, 4) is 5.69 Å². The Labute approximate surface area is 317 Å². The summed E-state index contributed by atoms with van der Waals surface area (Å²) in [5.74, 6) is -0.102. The van der Waals surface area contributed by atoms with E-state index < -0.39 is 35.8 Å². The number of rotatable bonds is 12. The summed E-state index contributed by atoms with van der Waals surface area (Å²) in [6, 6.07) is 9.78. The molecule has 10 nitrogen and oxygen atoms in total. The quantitative estimate of drug-likeness (QED) is 0.0426. The number of hydrogen-bond acceptors (Lipinski definition) is 6. The van der Waals surface area contributed by atoms with Crippen LogP contribution < -0.4 is 28.2 Å². The number of alkyl halides is 6. The molecule has 2 unspecified atom stereocenters. The number of ether oxygens (including phenoxy) is 1. The van der Waals surface area contributed by atoms with Gasteiger partial charge in [0.25, 0.3) is 0 Å². The molecule has 3 atom stereocenters. The Hall–Kier alpha value is -4.41. The van der Waals surface area contributed by atoms with Crippen LogP contribution in [-0.4, -0.2) is 52.4 Å². The second-order valence-electron chi connectivity index (χ2n) is 15.5. The molecule has 0 saturated carbocycles. The predicted octanol–water partition coefficient (Wildman–Crippen LogP) is 7.69. The summed E-state index contributed by atoms with van der Waals surface area (Å²) in [6.07, 6.45) is -6.55. The minimum absolute atomic E-state index is 0.0341. The molecule has 0 aliphatic rings. The van der Waals surface area contributed by atoms with E-state index in [0.717, 1.165) is 23.6 Å². The third kappa shape index (κ3) is 13.1. The maximum atomic E-state index is 13.6. The fraction of sp³-hybridized carbons (Fsp3) is 0.513. The second kappa shape index (κ2) is 18.0. The number of aromatic amines is 1.